The van der Waals surface area contributed by atoms with Crippen molar-refractivity contribution in [1.82, 2.24) is 0 Å². The van der Waals surface area contributed by atoms with Crippen LogP contribution in [0.5, 0.6) is 5.75 Å². The average molecular weight is 248 g/mol. The van der Waals surface area contributed by atoms with Gasteiger partial charge in [0, 0.05) is 4.47 Å². The zero-order valence-electron chi connectivity index (χ0n) is 6.40. The second-order valence-corrected chi connectivity index (χ2v) is 3.16. The quantitative estimate of drug-likeness (QED) is 0.614. The molecule has 0 saturated heterocycles. The number of aliphatic hydroxyl groups excluding tert-OH is 1. The fourth-order valence-corrected chi connectivity index (χ4v) is 1.40. The highest BCUT2D eigenvalue weighted by Gasteiger charge is 2.21. The maximum Gasteiger partial charge on any atom is 0.317 e. The highest BCUT2D eigenvalue weighted by molar-refractivity contribution is 9.10. The van der Waals surface area contributed by atoms with Gasteiger partial charge in [0.05, 0.1) is 17.1 Å². The summed E-state index contributed by atoms with van der Waals surface area (Å²) in [6.45, 7) is -0.495. The molecule has 5 nitrogen and oxygen atoms in total. The lowest BCUT2D eigenvalue weighted by atomic mass is 10.2. The van der Waals surface area contributed by atoms with Crippen LogP contribution >= 0.6 is 15.9 Å². The molecule has 0 amide bonds. The van der Waals surface area contributed by atoms with Gasteiger partial charge >= 0.3 is 5.69 Å². The summed E-state index contributed by atoms with van der Waals surface area (Å²) in [6.07, 6.45) is 0. The number of aliphatic hydroxyl groups is 1. The molecule has 0 atom stereocenters. The summed E-state index contributed by atoms with van der Waals surface area (Å²) < 4.78 is 0.402. The fourth-order valence-electron chi connectivity index (χ4n) is 0.953. The van der Waals surface area contributed by atoms with E-state index in [9.17, 15) is 10.1 Å². The Morgan fingerprint density at radius 2 is 2.15 bits per heavy atom. The summed E-state index contributed by atoms with van der Waals surface area (Å²) in [6, 6.07) is 2.63. The first kappa shape index (κ1) is 9.94. The van der Waals surface area contributed by atoms with Crippen molar-refractivity contribution in [3.05, 3.63) is 32.3 Å². The molecule has 70 valence electrons. The van der Waals surface area contributed by atoms with Crippen molar-refractivity contribution in [3.8, 4) is 5.75 Å². The van der Waals surface area contributed by atoms with Gasteiger partial charge < -0.3 is 10.2 Å². The second-order valence-electron chi connectivity index (χ2n) is 2.31. The van der Waals surface area contributed by atoms with Crippen molar-refractivity contribution in [3.63, 3.8) is 0 Å². The topological polar surface area (TPSA) is 83.6 Å². The molecule has 0 heterocycles. The van der Waals surface area contributed by atoms with Gasteiger partial charge in [-0.25, -0.2) is 0 Å². The molecule has 0 radical (unpaired) electrons. The van der Waals surface area contributed by atoms with Gasteiger partial charge in [0.2, 0.25) is 0 Å². The molecular weight excluding hydrogens is 242 g/mol. The minimum atomic E-state index is -0.731. The van der Waals surface area contributed by atoms with E-state index in [2.05, 4.69) is 15.9 Å². The predicted molar refractivity (Wildman–Crippen MR) is 48.4 cm³/mol. The first-order valence-corrected chi connectivity index (χ1v) is 4.12. The summed E-state index contributed by atoms with van der Waals surface area (Å²) in [5.41, 5.74) is -0.387. The van der Waals surface area contributed by atoms with Crippen LogP contribution in [-0.4, -0.2) is 15.1 Å². The van der Waals surface area contributed by atoms with Gasteiger partial charge in [-0.1, -0.05) is 15.9 Å². The number of nitro groups is 1. The second kappa shape index (κ2) is 3.71. The fraction of sp³-hybridized carbons (Fsp3) is 0.143. The largest absolute Gasteiger partial charge is 0.502 e. The number of hydrogen-bond acceptors (Lipinski definition) is 4. The third kappa shape index (κ3) is 1.78. The molecule has 0 bridgehead atoms. The molecular formula is C7H6BrNO4. The van der Waals surface area contributed by atoms with Gasteiger partial charge in [0.1, 0.15) is 0 Å². The smallest absolute Gasteiger partial charge is 0.317 e. The molecule has 0 aliphatic rings. The van der Waals surface area contributed by atoms with E-state index in [1.165, 1.54) is 12.1 Å². The number of phenols is 1. The van der Waals surface area contributed by atoms with Crippen LogP contribution in [0.15, 0.2) is 16.6 Å². The Bertz CT molecular complexity index is 353. The SMILES string of the molecule is O=[N+]([O-])c1c(O)ccc(Br)c1CO. The van der Waals surface area contributed by atoms with Crippen LogP contribution in [0, 0.1) is 10.1 Å². The minimum Gasteiger partial charge on any atom is -0.502 e. The molecule has 0 aliphatic heterocycles. The highest BCUT2D eigenvalue weighted by Crippen LogP contribution is 2.34. The van der Waals surface area contributed by atoms with E-state index in [0.29, 0.717) is 4.47 Å². The average Bonchev–Trinajstić information content (AvgIpc) is 2.07. The number of nitrogens with zero attached hydrogens (tertiary/aromatic N) is 1. The number of hydrogen-bond donors (Lipinski definition) is 2. The zero-order chi connectivity index (χ0) is 10.0. The van der Waals surface area contributed by atoms with Crippen molar-refractivity contribution < 1.29 is 15.1 Å². The summed E-state index contributed by atoms with van der Waals surface area (Å²) in [5.74, 6) is -0.447. The van der Waals surface area contributed by atoms with Gasteiger partial charge in [-0.2, -0.15) is 0 Å². The van der Waals surface area contributed by atoms with Crippen LogP contribution in [-0.2, 0) is 6.61 Å². The van der Waals surface area contributed by atoms with E-state index in [-0.39, 0.29) is 5.56 Å². The number of aromatic hydroxyl groups is 1. The molecule has 6 heteroatoms. The van der Waals surface area contributed by atoms with Gasteiger partial charge in [0.15, 0.2) is 5.75 Å². The maximum absolute atomic E-state index is 10.5. The van der Waals surface area contributed by atoms with Gasteiger partial charge in [-0.15, -0.1) is 0 Å². The molecule has 0 fully saturated rings. The van der Waals surface area contributed by atoms with E-state index >= 15 is 0 Å². The molecule has 13 heavy (non-hydrogen) atoms. The van der Waals surface area contributed by atoms with Crippen molar-refractivity contribution >= 4 is 21.6 Å². The van der Waals surface area contributed by atoms with Crippen molar-refractivity contribution in [2.75, 3.05) is 0 Å². The first-order valence-electron chi connectivity index (χ1n) is 3.33. The summed E-state index contributed by atoms with van der Waals surface area (Å²) in [5, 5.41) is 28.4. The van der Waals surface area contributed by atoms with Crippen molar-refractivity contribution in [2.24, 2.45) is 0 Å². The Kier molecular flexibility index (Phi) is 2.84. The number of halogens is 1. The third-order valence-corrected chi connectivity index (χ3v) is 2.29. The predicted octanol–water partition coefficient (Wildman–Crippen LogP) is 1.56. The molecule has 0 spiro atoms. The zero-order valence-corrected chi connectivity index (χ0v) is 7.98. The van der Waals surface area contributed by atoms with Crippen molar-refractivity contribution in [1.29, 1.82) is 0 Å². The molecule has 2 N–H and O–H groups in total. The van der Waals surface area contributed by atoms with Crippen molar-refractivity contribution in [2.45, 2.75) is 6.61 Å². The van der Waals surface area contributed by atoms with Crippen LogP contribution in [0.2, 0.25) is 0 Å². The summed E-state index contributed by atoms with van der Waals surface area (Å²) in [4.78, 5) is 9.74. The standard InChI is InChI=1S/C7H6BrNO4/c8-5-1-2-6(11)7(9(12)13)4(5)3-10/h1-2,10-11H,3H2. The molecule has 0 saturated carbocycles. The third-order valence-electron chi connectivity index (χ3n) is 1.54. The molecule has 0 aromatic heterocycles. The Labute approximate surface area is 81.9 Å². The monoisotopic (exact) mass is 247 g/mol. The Morgan fingerprint density at radius 1 is 1.54 bits per heavy atom. The lowest BCUT2D eigenvalue weighted by Gasteiger charge is -2.03. The lowest BCUT2D eigenvalue weighted by molar-refractivity contribution is -0.386. The first-order chi connectivity index (χ1) is 6.07. The van der Waals surface area contributed by atoms with Crippen LogP contribution in [0.3, 0.4) is 0 Å². The van der Waals surface area contributed by atoms with E-state index in [1.54, 1.807) is 0 Å². The number of phenolic OH excluding ortho intramolecular Hbond substituents is 1. The van der Waals surface area contributed by atoms with E-state index in [4.69, 9.17) is 10.2 Å². The van der Waals surface area contributed by atoms with Crippen LogP contribution in [0.1, 0.15) is 5.56 Å². The molecule has 0 aliphatic carbocycles. The Hall–Kier alpha value is -1.14. The van der Waals surface area contributed by atoms with Gasteiger partial charge in [0.25, 0.3) is 0 Å². The number of benzene rings is 1. The molecule has 0 unspecified atom stereocenters. The van der Waals surface area contributed by atoms with E-state index in [1.807, 2.05) is 0 Å². The Balaban J connectivity index is 3.43. The molecule has 1 rings (SSSR count). The van der Waals surface area contributed by atoms with Crippen LogP contribution in [0.25, 0.3) is 0 Å². The number of rotatable bonds is 2. The maximum atomic E-state index is 10.5. The van der Waals surface area contributed by atoms with Gasteiger partial charge in [-0.05, 0) is 12.1 Å². The lowest BCUT2D eigenvalue weighted by Crippen LogP contribution is -1.96. The van der Waals surface area contributed by atoms with Gasteiger partial charge in [-0.3, -0.25) is 10.1 Å². The normalized spacial score (nSPS) is 10.0. The Morgan fingerprint density at radius 3 is 2.54 bits per heavy atom. The molecule has 1 aromatic carbocycles. The minimum absolute atomic E-state index is 0.0741. The van der Waals surface area contributed by atoms with E-state index < -0.39 is 23.0 Å². The van der Waals surface area contributed by atoms with Crippen LogP contribution < -0.4 is 0 Å². The van der Waals surface area contributed by atoms with Crippen LogP contribution in [0.4, 0.5) is 5.69 Å². The highest BCUT2D eigenvalue weighted by atomic mass is 79.9. The summed E-state index contributed by atoms with van der Waals surface area (Å²) >= 11 is 3.03. The van der Waals surface area contributed by atoms with E-state index in [0.717, 1.165) is 0 Å². The molecule has 1 aromatic rings. The summed E-state index contributed by atoms with van der Waals surface area (Å²) in [7, 11) is 0. The number of nitro benzene ring substituents is 1.